The van der Waals surface area contributed by atoms with Gasteiger partial charge in [-0.3, -0.25) is 9.69 Å². The van der Waals surface area contributed by atoms with E-state index in [0.717, 1.165) is 13.0 Å². The fourth-order valence-electron chi connectivity index (χ4n) is 2.68. The number of amides is 1. The SMILES string of the molecule is CCCC1CCCCN1C(CC)C(N)=O. The van der Waals surface area contributed by atoms with Crippen molar-refractivity contribution in [2.24, 2.45) is 5.73 Å². The van der Waals surface area contributed by atoms with Gasteiger partial charge in [0.15, 0.2) is 0 Å². The summed E-state index contributed by atoms with van der Waals surface area (Å²) in [7, 11) is 0. The first kappa shape index (κ1) is 12.5. The molecule has 1 rings (SSSR count). The molecule has 0 aromatic heterocycles. The summed E-state index contributed by atoms with van der Waals surface area (Å²) >= 11 is 0. The minimum atomic E-state index is -0.152. The summed E-state index contributed by atoms with van der Waals surface area (Å²) in [4.78, 5) is 13.7. The van der Waals surface area contributed by atoms with E-state index in [1.54, 1.807) is 0 Å². The van der Waals surface area contributed by atoms with Gasteiger partial charge < -0.3 is 5.73 Å². The molecule has 1 aliphatic heterocycles. The Morgan fingerprint density at radius 2 is 2.20 bits per heavy atom. The average Bonchev–Trinajstić information content (AvgIpc) is 2.21. The lowest BCUT2D eigenvalue weighted by molar-refractivity contribution is -0.125. The predicted octanol–water partition coefficient (Wildman–Crippen LogP) is 1.90. The van der Waals surface area contributed by atoms with Crippen LogP contribution in [0.25, 0.3) is 0 Å². The van der Waals surface area contributed by atoms with E-state index in [9.17, 15) is 4.79 Å². The van der Waals surface area contributed by atoms with Crippen molar-refractivity contribution < 1.29 is 4.79 Å². The second-order valence-corrected chi connectivity index (χ2v) is 4.50. The second kappa shape index (κ2) is 6.11. The van der Waals surface area contributed by atoms with E-state index >= 15 is 0 Å². The number of carbonyl (C=O) groups excluding carboxylic acids is 1. The Morgan fingerprint density at radius 1 is 1.47 bits per heavy atom. The Bertz CT molecular complexity index is 204. The molecule has 1 heterocycles. The monoisotopic (exact) mass is 212 g/mol. The molecule has 0 bridgehead atoms. The third-order valence-corrected chi connectivity index (χ3v) is 3.41. The molecule has 0 aliphatic carbocycles. The van der Waals surface area contributed by atoms with E-state index in [1.807, 2.05) is 6.92 Å². The molecule has 88 valence electrons. The van der Waals surface area contributed by atoms with Gasteiger partial charge >= 0.3 is 0 Å². The van der Waals surface area contributed by atoms with E-state index in [-0.39, 0.29) is 11.9 Å². The van der Waals surface area contributed by atoms with Crippen LogP contribution in [0.5, 0.6) is 0 Å². The van der Waals surface area contributed by atoms with E-state index in [0.29, 0.717) is 6.04 Å². The molecule has 1 fully saturated rings. The van der Waals surface area contributed by atoms with E-state index in [1.165, 1.54) is 32.1 Å². The normalized spacial score (nSPS) is 25.1. The lowest BCUT2D eigenvalue weighted by Crippen LogP contribution is -2.51. The van der Waals surface area contributed by atoms with Crippen LogP contribution in [0.15, 0.2) is 0 Å². The number of hydrogen-bond acceptors (Lipinski definition) is 2. The summed E-state index contributed by atoms with van der Waals surface area (Å²) in [6.45, 7) is 5.30. The molecule has 2 atom stereocenters. The van der Waals surface area contributed by atoms with Crippen LogP contribution in [0.3, 0.4) is 0 Å². The van der Waals surface area contributed by atoms with Gasteiger partial charge in [0.2, 0.25) is 5.91 Å². The summed E-state index contributed by atoms with van der Waals surface area (Å²) in [6, 6.07) is 0.544. The number of primary amides is 1. The van der Waals surface area contributed by atoms with Crippen molar-refractivity contribution in [3.8, 4) is 0 Å². The van der Waals surface area contributed by atoms with Crippen molar-refractivity contribution in [1.82, 2.24) is 4.90 Å². The summed E-state index contributed by atoms with van der Waals surface area (Å²) < 4.78 is 0. The first-order chi connectivity index (χ1) is 7.20. The van der Waals surface area contributed by atoms with Crippen LogP contribution in [0.1, 0.15) is 52.4 Å². The van der Waals surface area contributed by atoms with Crippen LogP contribution < -0.4 is 5.73 Å². The minimum absolute atomic E-state index is 0.0400. The Morgan fingerprint density at radius 3 is 2.73 bits per heavy atom. The maximum absolute atomic E-state index is 11.4. The van der Waals surface area contributed by atoms with Crippen LogP contribution >= 0.6 is 0 Å². The fraction of sp³-hybridized carbons (Fsp3) is 0.917. The molecule has 0 radical (unpaired) electrons. The van der Waals surface area contributed by atoms with Gasteiger partial charge in [-0.25, -0.2) is 0 Å². The Hall–Kier alpha value is -0.570. The molecule has 15 heavy (non-hydrogen) atoms. The molecule has 1 amide bonds. The Labute approximate surface area is 93.0 Å². The number of rotatable bonds is 5. The largest absolute Gasteiger partial charge is 0.368 e. The van der Waals surface area contributed by atoms with Crippen molar-refractivity contribution in [1.29, 1.82) is 0 Å². The molecule has 0 aromatic carbocycles. The summed E-state index contributed by atoms with van der Waals surface area (Å²) in [5.41, 5.74) is 5.46. The molecule has 3 nitrogen and oxygen atoms in total. The zero-order valence-corrected chi connectivity index (χ0v) is 10.0. The molecular formula is C12H24N2O. The van der Waals surface area contributed by atoms with Crippen molar-refractivity contribution >= 4 is 5.91 Å². The first-order valence-corrected chi connectivity index (χ1v) is 6.25. The number of likely N-dealkylation sites (tertiary alicyclic amines) is 1. The third-order valence-electron chi connectivity index (χ3n) is 3.41. The van der Waals surface area contributed by atoms with Crippen molar-refractivity contribution in [2.75, 3.05) is 6.54 Å². The number of carbonyl (C=O) groups is 1. The lowest BCUT2D eigenvalue weighted by atomic mass is 9.95. The van der Waals surface area contributed by atoms with Crippen LogP contribution in [0.2, 0.25) is 0 Å². The van der Waals surface area contributed by atoms with Gasteiger partial charge in [0.1, 0.15) is 0 Å². The van der Waals surface area contributed by atoms with E-state index in [4.69, 9.17) is 5.73 Å². The molecule has 0 spiro atoms. The highest BCUT2D eigenvalue weighted by atomic mass is 16.1. The Kier molecular flexibility index (Phi) is 5.09. The van der Waals surface area contributed by atoms with Gasteiger partial charge in [-0.05, 0) is 32.2 Å². The number of nitrogens with two attached hydrogens (primary N) is 1. The molecular weight excluding hydrogens is 188 g/mol. The highest BCUT2D eigenvalue weighted by Crippen LogP contribution is 2.24. The van der Waals surface area contributed by atoms with Gasteiger partial charge in [-0.1, -0.05) is 26.7 Å². The second-order valence-electron chi connectivity index (χ2n) is 4.50. The van der Waals surface area contributed by atoms with Crippen LogP contribution in [-0.4, -0.2) is 29.4 Å². The molecule has 0 aromatic rings. The van der Waals surface area contributed by atoms with Crippen LogP contribution in [0, 0.1) is 0 Å². The van der Waals surface area contributed by atoms with E-state index in [2.05, 4.69) is 11.8 Å². The fourth-order valence-corrected chi connectivity index (χ4v) is 2.68. The predicted molar refractivity (Wildman–Crippen MR) is 62.5 cm³/mol. The van der Waals surface area contributed by atoms with E-state index < -0.39 is 0 Å². The van der Waals surface area contributed by atoms with Crippen LogP contribution in [0.4, 0.5) is 0 Å². The zero-order chi connectivity index (χ0) is 11.3. The summed E-state index contributed by atoms with van der Waals surface area (Å²) in [5, 5.41) is 0. The van der Waals surface area contributed by atoms with Gasteiger partial charge in [0.25, 0.3) is 0 Å². The van der Waals surface area contributed by atoms with Gasteiger partial charge in [-0.15, -0.1) is 0 Å². The average molecular weight is 212 g/mol. The first-order valence-electron chi connectivity index (χ1n) is 6.25. The lowest BCUT2D eigenvalue weighted by Gasteiger charge is -2.39. The minimum Gasteiger partial charge on any atom is -0.368 e. The highest BCUT2D eigenvalue weighted by molar-refractivity contribution is 5.79. The highest BCUT2D eigenvalue weighted by Gasteiger charge is 2.30. The molecule has 1 saturated heterocycles. The quantitative estimate of drug-likeness (QED) is 0.756. The number of hydrogen-bond donors (Lipinski definition) is 1. The Balaban J connectivity index is 2.64. The van der Waals surface area contributed by atoms with Crippen molar-refractivity contribution in [3.05, 3.63) is 0 Å². The standard InChI is InChI=1S/C12H24N2O/c1-3-7-10-8-5-6-9-14(10)11(4-2)12(13)15/h10-11H,3-9H2,1-2H3,(H2,13,15). The molecule has 2 unspecified atom stereocenters. The number of nitrogens with zero attached hydrogens (tertiary/aromatic N) is 1. The maximum atomic E-state index is 11.4. The van der Waals surface area contributed by atoms with Gasteiger partial charge in [0.05, 0.1) is 6.04 Å². The third kappa shape index (κ3) is 3.20. The molecule has 0 saturated carbocycles. The molecule has 3 heteroatoms. The van der Waals surface area contributed by atoms with Gasteiger partial charge in [0, 0.05) is 6.04 Å². The van der Waals surface area contributed by atoms with Crippen molar-refractivity contribution in [3.63, 3.8) is 0 Å². The molecule has 2 N–H and O–H groups in total. The topological polar surface area (TPSA) is 46.3 Å². The van der Waals surface area contributed by atoms with Crippen LogP contribution in [-0.2, 0) is 4.79 Å². The summed E-state index contributed by atoms with van der Waals surface area (Å²) in [5.74, 6) is -0.152. The van der Waals surface area contributed by atoms with Crippen molar-refractivity contribution in [2.45, 2.75) is 64.5 Å². The number of piperidine rings is 1. The maximum Gasteiger partial charge on any atom is 0.234 e. The zero-order valence-electron chi connectivity index (χ0n) is 10.0. The van der Waals surface area contributed by atoms with Gasteiger partial charge in [-0.2, -0.15) is 0 Å². The smallest absolute Gasteiger partial charge is 0.234 e. The summed E-state index contributed by atoms with van der Waals surface area (Å²) in [6.07, 6.45) is 6.98. The molecule has 1 aliphatic rings.